The van der Waals surface area contributed by atoms with Gasteiger partial charge < -0.3 is 9.47 Å². The van der Waals surface area contributed by atoms with Crippen molar-refractivity contribution in [2.24, 2.45) is 0 Å². The molecule has 0 spiro atoms. The van der Waals surface area contributed by atoms with Crippen molar-refractivity contribution in [2.45, 2.75) is 24.5 Å². The van der Waals surface area contributed by atoms with Gasteiger partial charge in [-0.15, -0.1) is 0 Å². The lowest BCUT2D eigenvalue weighted by molar-refractivity contribution is 0.00762. The minimum absolute atomic E-state index is 0.212. The van der Waals surface area contributed by atoms with Gasteiger partial charge in [0, 0.05) is 38.8 Å². The standard InChI is InChI=1S/C27H30F2N2O4S/c1-20-6-8-21(9-7-20)19-35-27(22-4-3-5-25(14-22)34-2)18-30-10-12-31(13-11-30)36(32,33)26-16-23(28)15-24(29)17-26/h3-9,14-17,27H,10-13,18-19H2,1-2H3/t27-/m0/s1. The van der Waals surface area contributed by atoms with E-state index in [2.05, 4.69) is 4.90 Å². The second-order valence-electron chi connectivity index (χ2n) is 8.87. The summed E-state index contributed by atoms with van der Waals surface area (Å²) in [7, 11) is -2.37. The molecule has 9 heteroatoms. The van der Waals surface area contributed by atoms with Crippen LogP contribution < -0.4 is 4.74 Å². The summed E-state index contributed by atoms with van der Waals surface area (Å²) in [6.45, 7) is 4.38. The summed E-state index contributed by atoms with van der Waals surface area (Å²) in [6, 6.07) is 18.2. The maximum absolute atomic E-state index is 13.6. The zero-order valence-electron chi connectivity index (χ0n) is 20.4. The van der Waals surface area contributed by atoms with E-state index in [9.17, 15) is 17.2 Å². The molecule has 1 aliphatic heterocycles. The molecule has 0 N–H and O–H groups in total. The van der Waals surface area contributed by atoms with Gasteiger partial charge in [-0.25, -0.2) is 17.2 Å². The highest BCUT2D eigenvalue weighted by molar-refractivity contribution is 7.89. The molecule has 0 bridgehead atoms. The second-order valence-corrected chi connectivity index (χ2v) is 10.8. The Hall–Kier alpha value is -2.85. The van der Waals surface area contributed by atoms with Crippen molar-refractivity contribution < 1.29 is 26.7 Å². The molecule has 1 fully saturated rings. The Morgan fingerprint density at radius 3 is 2.22 bits per heavy atom. The van der Waals surface area contributed by atoms with E-state index < -0.39 is 21.7 Å². The zero-order chi connectivity index (χ0) is 25.7. The summed E-state index contributed by atoms with van der Waals surface area (Å²) in [6.07, 6.45) is -0.262. The molecule has 0 unspecified atom stereocenters. The summed E-state index contributed by atoms with van der Waals surface area (Å²) in [4.78, 5) is 1.77. The quantitative estimate of drug-likeness (QED) is 0.418. The van der Waals surface area contributed by atoms with Crippen LogP contribution in [0, 0.1) is 18.6 Å². The number of rotatable bonds is 9. The highest BCUT2D eigenvalue weighted by Gasteiger charge is 2.30. The summed E-state index contributed by atoms with van der Waals surface area (Å²) in [5, 5.41) is 0. The van der Waals surface area contributed by atoms with Crippen LogP contribution in [0.5, 0.6) is 5.75 Å². The Morgan fingerprint density at radius 1 is 0.917 bits per heavy atom. The molecule has 192 valence electrons. The Labute approximate surface area is 211 Å². The average molecular weight is 517 g/mol. The van der Waals surface area contributed by atoms with Crippen LogP contribution in [0.3, 0.4) is 0 Å². The minimum atomic E-state index is -3.99. The maximum atomic E-state index is 13.6. The fraction of sp³-hybridized carbons (Fsp3) is 0.333. The minimum Gasteiger partial charge on any atom is -0.497 e. The van der Waals surface area contributed by atoms with E-state index in [-0.39, 0.29) is 24.1 Å². The van der Waals surface area contributed by atoms with Crippen molar-refractivity contribution >= 4 is 10.0 Å². The first-order valence-corrected chi connectivity index (χ1v) is 13.2. The van der Waals surface area contributed by atoms with Crippen molar-refractivity contribution in [1.82, 2.24) is 9.21 Å². The first-order valence-electron chi connectivity index (χ1n) is 11.7. The number of piperazine rings is 1. The van der Waals surface area contributed by atoms with Crippen LogP contribution in [-0.4, -0.2) is 57.5 Å². The van der Waals surface area contributed by atoms with Gasteiger partial charge in [-0.1, -0.05) is 42.0 Å². The predicted molar refractivity (Wildman–Crippen MR) is 133 cm³/mol. The van der Waals surface area contributed by atoms with Crippen LogP contribution in [0.15, 0.2) is 71.6 Å². The van der Waals surface area contributed by atoms with E-state index in [4.69, 9.17) is 9.47 Å². The van der Waals surface area contributed by atoms with Gasteiger partial charge in [0.15, 0.2) is 0 Å². The van der Waals surface area contributed by atoms with Crippen LogP contribution >= 0.6 is 0 Å². The Morgan fingerprint density at radius 2 is 1.58 bits per heavy atom. The molecule has 3 aromatic carbocycles. The first kappa shape index (κ1) is 26.2. The van der Waals surface area contributed by atoms with Gasteiger partial charge in [-0.3, -0.25) is 4.90 Å². The number of aryl methyl sites for hydroxylation is 1. The van der Waals surface area contributed by atoms with Gasteiger partial charge >= 0.3 is 0 Å². The van der Waals surface area contributed by atoms with Crippen LogP contribution in [0.4, 0.5) is 8.78 Å². The van der Waals surface area contributed by atoms with E-state index in [1.807, 2.05) is 55.5 Å². The molecule has 6 nitrogen and oxygen atoms in total. The van der Waals surface area contributed by atoms with Gasteiger partial charge in [0.05, 0.1) is 24.7 Å². The van der Waals surface area contributed by atoms with Crippen molar-refractivity contribution in [2.75, 3.05) is 39.8 Å². The maximum Gasteiger partial charge on any atom is 0.243 e. The van der Waals surface area contributed by atoms with Crippen molar-refractivity contribution in [1.29, 1.82) is 0 Å². The van der Waals surface area contributed by atoms with Crippen LogP contribution in [0.1, 0.15) is 22.8 Å². The third kappa shape index (κ3) is 6.47. The van der Waals surface area contributed by atoms with Gasteiger partial charge in [0.1, 0.15) is 17.4 Å². The third-order valence-electron chi connectivity index (χ3n) is 6.27. The lowest BCUT2D eigenvalue weighted by Crippen LogP contribution is -2.49. The van der Waals surface area contributed by atoms with Gasteiger partial charge in [0.25, 0.3) is 0 Å². The molecule has 3 aromatic rings. The Balaban J connectivity index is 1.44. The fourth-order valence-electron chi connectivity index (χ4n) is 4.19. The molecular formula is C27H30F2N2O4S. The van der Waals surface area contributed by atoms with Crippen molar-refractivity contribution in [3.05, 3.63) is 95.1 Å². The highest BCUT2D eigenvalue weighted by Crippen LogP contribution is 2.26. The fourth-order valence-corrected chi connectivity index (χ4v) is 5.66. The van der Waals surface area contributed by atoms with Gasteiger partial charge in [-0.2, -0.15) is 4.31 Å². The lowest BCUT2D eigenvalue weighted by Gasteiger charge is -2.36. The number of benzene rings is 3. The number of hydrogen-bond donors (Lipinski definition) is 0. The SMILES string of the molecule is COc1cccc([C@H](CN2CCN(S(=O)(=O)c3cc(F)cc(F)c3)CC2)OCc2ccc(C)cc2)c1. The number of hydrogen-bond acceptors (Lipinski definition) is 5. The molecule has 1 saturated heterocycles. The molecule has 36 heavy (non-hydrogen) atoms. The van der Waals surface area contributed by atoms with Crippen molar-refractivity contribution in [3.63, 3.8) is 0 Å². The average Bonchev–Trinajstić information content (AvgIpc) is 2.87. The Kier molecular flexibility index (Phi) is 8.35. The molecule has 0 radical (unpaired) electrons. The third-order valence-corrected chi connectivity index (χ3v) is 8.14. The number of ether oxygens (including phenoxy) is 2. The molecule has 1 atom stereocenters. The number of nitrogens with zero attached hydrogens (tertiary/aromatic N) is 2. The Bertz CT molecular complexity index is 1260. The normalized spacial score (nSPS) is 16.1. The zero-order valence-corrected chi connectivity index (χ0v) is 21.2. The molecule has 0 amide bonds. The van der Waals surface area contributed by atoms with E-state index in [0.717, 1.165) is 29.0 Å². The summed E-state index contributed by atoms with van der Waals surface area (Å²) in [5.41, 5.74) is 3.20. The molecular weight excluding hydrogens is 486 g/mol. The summed E-state index contributed by atoms with van der Waals surface area (Å²) in [5.74, 6) is -1.10. The van der Waals surface area contributed by atoms with Gasteiger partial charge in [0.2, 0.25) is 10.0 Å². The van der Waals surface area contributed by atoms with E-state index in [1.165, 1.54) is 9.87 Å². The lowest BCUT2D eigenvalue weighted by atomic mass is 10.1. The van der Waals surface area contributed by atoms with E-state index in [0.29, 0.717) is 32.3 Å². The van der Waals surface area contributed by atoms with E-state index >= 15 is 0 Å². The summed E-state index contributed by atoms with van der Waals surface area (Å²) < 4.78 is 66.1. The van der Waals surface area contributed by atoms with Crippen LogP contribution in [0.25, 0.3) is 0 Å². The summed E-state index contributed by atoms with van der Waals surface area (Å²) >= 11 is 0. The smallest absolute Gasteiger partial charge is 0.243 e. The molecule has 1 heterocycles. The second kappa shape index (κ2) is 11.5. The van der Waals surface area contributed by atoms with Crippen molar-refractivity contribution in [3.8, 4) is 5.75 Å². The molecule has 0 aromatic heterocycles. The molecule has 4 rings (SSSR count). The number of sulfonamides is 1. The number of methoxy groups -OCH3 is 1. The first-order chi connectivity index (χ1) is 17.2. The number of halogens is 2. The molecule has 1 aliphatic rings. The molecule has 0 saturated carbocycles. The molecule has 0 aliphatic carbocycles. The highest BCUT2D eigenvalue weighted by atomic mass is 32.2. The van der Waals surface area contributed by atoms with E-state index in [1.54, 1.807) is 7.11 Å². The van der Waals surface area contributed by atoms with Crippen LogP contribution in [-0.2, 0) is 21.4 Å². The van der Waals surface area contributed by atoms with Crippen LogP contribution in [0.2, 0.25) is 0 Å². The topological polar surface area (TPSA) is 59.1 Å². The predicted octanol–water partition coefficient (Wildman–Crippen LogP) is 4.55. The largest absolute Gasteiger partial charge is 0.497 e. The monoisotopic (exact) mass is 516 g/mol. The van der Waals surface area contributed by atoms with Gasteiger partial charge in [-0.05, 0) is 42.3 Å².